The van der Waals surface area contributed by atoms with E-state index >= 15 is 0 Å². The van der Waals surface area contributed by atoms with E-state index in [1.165, 1.54) is 11.8 Å². The van der Waals surface area contributed by atoms with Crippen molar-refractivity contribution in [3.63, 3.8) is 0 Å². The zero-order chi connectivity index (χ0) is 20.1. The van der Waals surface area contributed by atoms with E-state index < -0.39 is 11.2 Å². The van der Waals surface area contributed by atoms with Crippen molar-refractivity contribution in [2.75, 3.05) is 12.4 Å². The molecule has 0 fully saturated rings. The Morgan fingerprint density at radius 1 is 1.14 bits per heavy atom. The molecular weight excluding hydrogens is 380 g/mol. The number of benzene rings is 2. The maximum atomic E-state index is 12.5. The zero-order valence-corrected chi connectivity index (χ0v) is 16.0. The summed E-state index contributed by atoms with van der Waals surface area (Å²) < 4.78 is 6.70. The van der Waals surface area contributed by atoms with Crippen molar-refractivity contribution >= 4 is 29.3 Å². The summed E-state index contributed by atoms with van der Waals surface area (Å²) >= 11 is 1.23. The van der Waals surface area contributed by atoms with Gasteiger partial charge in [0.25, 0.3) is 0 Å². The van der Waals surface area contributed by atoms with Crippen LogP contribution in [0, 0.1) is 0 Å². The number of methoxy groups -OCH3 is 1. The van der Waals surface area contributed by atoms with Crippen molar-refractivity contribution in [2.24, 2.45) is 5.73 Å². The first kappa shape index (κ1) is 19.4. The molecule has 10 heteroatoms. The normalized spacial score (nSPS) is 11.6. The predicted octanol–water partition coefficient (Wildman–Crippen LogP) is 1.89. The number of carbonyl (C=O) groups is 2. The van der Waals surface area contributed by atoms with Gasteiger partial charge in [0.2, 0.25) is 17.0 Å². The predicted molar refractivity (Wildman–Crippen MR) is 105 cm³/mol. The largest absolute Gasteiger partial charge is 0.497 e. The smallest absolute Gasteiger partial charge is 0.248 e. The molecule has 0 aliphatic carbocycles. The number of primary amides is 1. The second kappa shape index (κ2) is 8.53. The average molecular weight is 398 g/mol. The van der Waals surface area contributed by atoms with Gasteiger partial charge < -0.3 is 15.8 Å². The molecule has 1 aromatic heterocycles. The molecule has 3 rings (SSSR count). The summed E-state index contributed by atoms with van der Waals surface area (Å²) in [5.41, 5.74) is 6.90. The number of rotatable bonds is 7. The van der Waals surface area contributed by atoms with Gasteiger partial charge in [0.15, 0.2) is 0 Å². The summed E-state index contributed by atoms with van der Waals surface area (Å²) in [6.45, 7) is 1.75. The van der Waals surface area contributed by atoms with Crippen molar-refractivity contribution in [1.29, 1.82) is 0 Å². The molecular formula is C18H18N6O3S. The number of tetrazole rings is 1. The number of thioether (sulfide) groups is 1. The van der Waals surface area contributed by atoms with E-state index in [1.54, 1.807) is 55.1 Å². The number of nitrogens with zero attached hydrogens (tertiary/aromatic N) is 4. The highest BCUT2D eigenvalue weighted by atomic mass is 32.2. The number of nitrogens with one attached hydrogen (secondary N) is 1. The second-order valence-electron chi connectivity index (χ2n) is 5.76. The first-order chi connectivity index (χ1) is 13.5. The summed E-state index contributed by atoms with van der Waals surface area (Å²) in [4.78, 5) is 23.6. The molecule has 0 aliphatic rings. The lowest BCUT2D eigenvalue weighted by Crippen LogP contribution is -2.23. The van der Waals surface area contributed by atoms with Crippen molar-refractivity contribution in [1.82, 2.24) is 20.2 Å². The molecule has 0 radical (unpaired) electrons. The quantitative estimate of drug-likeness (QED) is 0.582. The number of hydrogen-bond acceptors (Lipinski definition) is 7. The van der Waals surface area contributed by atoms with Crippen LogP contribution in [0.25, 0.3) is 5.69 Å². The number of aromatic nitrogens is 4. The van der Waals surface area contributed by atoms with E-state index in [1.807, 2.05) is 12.1 Å². The maximum absolute atomic E-state index is 12.5. The number of amides is 2. The van der Waals surface area contributed by atoms with E-state index in [4.69, 9.17) is 10.5 Å². The summed E-state index contributed by atoms with van der Waals surface area (Å²) in [6, 6.07) is 13.6. The van der Waals surface area contributed by atoms with E-state index in [-0.39, 0.29) is 5.91 Å². The molecule has 0 spiro atoms. The molecule has 0 saturated carbocycles. The topological polar surface area (TPSA) is 125 Å². The molecule has 0 saturated heterocycles. The molecule has 3 N–H and O–H groups in total. The number of hydrogen-bond donors (Lipinski definition) is 2. The minimum absolute atomic E-state index is 0.221. The highest BCUT2D eigenvalue weighted by molar-refractivity contribution is 8.00. The fourth-order valence-corrected chi connectivity index (χ4v) is 3.12. The lowest BCUT2D eigenvalue weighted by Gasteiger charge is -2.12. The zero-order valence-electron chi connectivity index (χ0n) is 15.2. The van der Waals surface area contributed by atoms with Gasteiger partial charge in [-0.15, -0.1) is 5.10 Å². The molecule has 9 nitrogen and oxygen atoms in total. The van der Waals surface area contributed by atoms with E-state index in [9.17, 15) is 9.59 Å². The standard InChI is InChI=1S/C18H18N6O3S/c1-11(17(26)20-13-5-3-12(4-6-13)16(19)25)28-18-21-22-23-24(18)14-7-9-15(27-2)10-8-14/h3-11H,1-2H3,(H2,19,25)(H,20,26)/t11-/m1/s1. The third kappa shape index (κ3) is 4.46. The van der Waals surface area contributed by atoms with Gasteiger partial charge in [-0.2, -0.15) is 4.68 Å². The molecule has 2 aromatic carbocycles. The Kier molecular flexibility index (Phi) is 5.90. The van der Waals surface area contributed by atoms with E-state index in [2.05, 4.69) is 20.8 Å². The number of nitrogens with two attached hydrogens (primary N) is 1. The van der Waals surface area contributed by atoms with Crippen LogP contribution < -0.4 is 15.8 Å². The molecule has 3 aromatic rings. The Balaban J connectivity index is 1.67. The molecule has 1 atom stereocenters. The van der Waals surface area contributed by atoms with E-state index in [0.717, 1.165) is 11.4 Å². The van der Waals surface area contributed by atoms with Gasteiger partial charge >= 0.3 is 0 Å². The van der Waals surface area contributed by atoms with Crippen molar-refractivity contribution in [3.8, 4) is 11.4 Å². The molecule has 28 heavy (non-hydrogen) atoms. The third-order valence-electron chi connectivity index (χ3n) is 3.85. The van der Waals surface area contributed by atoms with Crippen LogP contribution in [0.4, 0.5) is 5.69 Å². The van der Waals surface area contributed by atoms with Crippen LogP contribution in [0.2, 0.25) is 0 Å². The highest BCUT2D eigenvalue weighted by Crippen LogP contribution is 2.24. The average Bonchev–Trinajstić information content (AvgIpc) is 3.16. The molecule has 144 valence electrons. The number of carbonyl (C=O) groups excluding carboxylic acids is 2. The third-order valence-corrected chi connectivity index (χ3v) is 4.88. The Morgan fingerprint density at radius 2 is 1.82 bits per heavy atom. The second-order valence-corrected chi connectivity index (χ2v) is 7.07. The number of ether oxygens (including phenoxy) is 1. The van der Waals surface area contributed by atoms with Gasteiger partial charge in [-0.25, -0.2) is 0 Å². The van der Waals surface area contributed by atoms with Gasteiger partial charge in [-0.1, -0.05) is 11.8 Å². The fourth-order valence-electron chi connectivity index (χ4n) is 2.31. The molecule has 0 unspecified atom stereocenters. The Hall–Kier alpha value is -3.40. The Labute approximate surface area is 165 Å². The Bertz CT molecular complexity index is 972. The molecule has 1 heterocycles. The molecule has 0 bridgehead atoms. The van der Waals surface area contributed by atoms with Gasteiger partial charge in [0.1, 0.15) is 5.75 Å². The first-order valence-corrected chi connectivity index (χ1v) is 9.16. The minimum Gasteiger partial charge on any atom is -0.497 e. The van der Waals surface area contributed by atoms with Crippen molar-refractivity contribution in [3.05, 3.63) is 54.1 Å². The SMILES string of the molecule is COc1ccc(-n2nnnc2S[C@H](C)C(=O)Nc2ccc(C(N)=O)cc2)cc1. The van der Waals surface area contributed by atoms with Crippen molar-refractivity contribution < 1.29 is 14.3 Å². The van der Waals surface area contributed by atoms with Crippen LogP contribution in [-0.2, 0) is 4.79 Å². The van der Waals surface area contributed by atoms with Gasteiger partial charge in [0, 0.05) is 11.3 Å². The van der Waals surface area contributed by atoms with Crippen LogP contribution in [0.5, 0.6) is 5.75 Å². The number of anilines is 1. The van der Waals surface area contributed by atoms with Crippen LogP contribution in [0.15, 0.2) is 53.7 Å². The van der Waals surface area contributed by atoms with Crippen molar-refractivity contribution in [2.45, 2.75) is 17.3 Å². The fraction of sp³-hybridized carbons (Fsp3) is 0.167. The summed E-state index contributed by atoms with van der Waals surface area (Å²) in [5, 5.41) is 14.5. The van der Waals surface area contributed by atoms with Gasteiger partial charge in [-0.3, -0.25) is 9.59 Å². The summed E-state index contributed by atoms with van der Waals surface area (Å²) in [6.07, 6.45) is 0. The highest BCUT2D eigenvalue weighted by Gasteiger charge is 2.19. The van der Waals surface area contributed by atoms with Crippen LogP contribution in [-0.4, -0.2) is 44.4 Å². The van der Waals surface area contributed by atoms with Gasteiger partial charge in [-0.05, 0) is 65.9 Å². The van der Waals surface area contributed by atoms with E-state index in [0.29, 0.717) is 16.4 Å². The first-order valence-electron chi connectivity index (χ1n) is 8.28. The van der Waals surface area contributed by atoms with Crippen LogP contribution in [0.3, 0.4) is 0 Å². The summed E-state index contributed by atoms with van der Waals surface area (Å²) in [7, 11) is 1.59. The monoisotopic (exact) mass is 398 g/mol. The Morgan fingerprint density at radius 3 is 2.43 bits per heavy atom. The molecule has 2 amide bonds. The van der Waals surface area contributed by atoms with Crippen LogP contribution in [0.1, 0.15) is 17.3 Å². The summed E-state index contributed by atoms with van der Waals surface area (Å²) in [5.74, 6) is -0.0191. The molecule has 0 aliphatic heterocycles. The minimum atomic E-state index is -0.521. The van der Waals surface area contributed by atoms with Crippen LogP contribution >= 0.6 is 11.8 Å². The van der Waals surface area contributed by atoms with Gasteiger partial charge in [0.05, 0.1) is 18.0 Å². The lowest BCUT2D eigenvalue weighted by molar-refractivity contribution is -0.115. The lowest BCUT2D eigenvalue weighted by atomic mass is 10.2. The maximum Gasteiger partial charge on any atom is 0.248 e.